The Kier molecular flexibility index (Phi) is 4.10. The van der Waals surface area contributed by atoms with Gasteiger partial charge in [-0.15, -0.1) is 11.8 Å². The number of nitrogens with zero attached hydrogens (tertiary/aromatic N) is 1. The van der Waals surface area contributed by atoms with E-state index in [2.05, 4.69) is 0 Å². The van der Waals surface area contributed by atoms with Crippen LogP contribution in [0.4, 0.5) is 0 Å². The maximum atomic E-state index is 12.0. The van der Waals surface area contributed by atoms with Crippen LogP contribution in [0.2, 0.25) is 0 Å². The second kappa shape index (κ2) is 5.60. The number of carboxylic acid groups (broad SMARTS) is 1. The summed E-state index contributed by atoms with van der Waals surface area (Å²) in [5.41, 5.74) is 0.0228. The lowest BCUT2D eigenvalue weighted by Crippen LogP contribution is -2.60. The molecule has 5 atom stereocenters. The SMILES string of the molecule is CC(O)C1C(=O)N2C(C(=O)O)=C(S[C@H]3CCS(=O)C3)S[C@H]12. The summed E-state index contributed by atoms with van der Waals surface area (Å²) in [7, 11) is -0.819. The molecule has 2 N–H and O–H groups in total. The molecule has 21 heavy (non-hydrogen) atoms. The van der Waals surface area contributed by atoms with Crippen molar-refractivity contribution in [2.75, 3.05) is 11.5 Å². The molecular formula is C12H15NO5S3. The zero-order valence-corrected chi connectivity index (χ0v) is 13.7. The van der Waals surface area contributed by atoms with E-state index in [0.29, 0.717) is 15.7 Å². The molecule has 0 bridgehead atoms. The Labute approximate surface area is 132 Å². The largest absolute Gasteiger partial charge is 0.477 e. The average Bonchev–Trinajstić information content (AvgIpc) is 2.91. The summed E-state index contributed by atoms with van der Waals surface area (Å²) in [6, 6.07) is 0. The number of rotatable bonds is 4. The van der Waals surface area contributed by atoms with E-state index in [9.17, 15) is 24.0 Å². The summed E-state index contributed by atoms with van der Waals surface area (Å²) in [5, 5.41) is 18.8. The van der Waals surface area contributed by atoms with Crippen LogP contribution in [-0.2, 0) is 20.4 Å². The molecule has 2 fully saturated rings. The first-order chi connectivity index (χ1) is 9.90. The van der Waals surface area contributed by atoms with Crippen LogP contribution in [0.25, 0.3) is 0 Å². The molecule has 3 aliphatic rings. The molecule has 3 rings (SSSR count). The second-order valence-corrected chi connectivity index (χ2v) is 9.58. The third-order valence-electron chi connectivity index (χ3n) is 3.78. The first kappa shape index (κ1) is 15.4. The number of β-lactam (4-membered cyclic amide) rings is 1. The Bertz CT molecular complexity index is 561. The molecule has 0 spiro atoms. The standard InChI is InChI=1S/C12H15NO5S3/c1-5(14)7-9(15)13-8(11(16)17)12(20-10(7)13)19-6-2-3-21(18)4-6/h5-7,10,14H,2-4H2,1H3,(H,16,17)/t5?,6-,7?,10+,21?/m0/s1. The number of carbonyl (C=O) groups is 2. The molecule has 0 saturated carbocycles. The topological polar surface area (TPSA) is 94.9 Å². The summed E-state index contributed by atoms with van der Waals surface area (Å²) < 4.78 is 12.0. The van der Waals surface area contributed by atoms with Crippen molar-refractivity contribution in [3.8, 4) is 0 Å². The molecule has 0 aromatic rings. The summed E-state index contributed by atoms with van der Waals surface area (Å²) in [6.45, 7) is 1.55. The van der Waals surface area contributed by atoms with Crippen molar-refractivity contribution in [1.82, 2.24) is 4.90 Å². The highest BCUT2D eigenvalue weighted by molar-refractivity contribution is 8.23. The van der Waals surface area contributed by atoms with Crippen LogP contribution in [0, 0.1) is 5.92 Å². The Morgan fingerprint density at radius 2 is 2.29 bits per heavy atom. The van der Waals surface area contributed by atoms with Gasteiger partial charge in [0.1, 0.15) is 5.37 Å². The van der Waals surface area contributed by atoms with Gasteiger partial charge in [-0.25, -0.2) is 4.79 Å². The highest BCUT2D eigenvalue weighted by atomic mass is 32.2. The molecule has 0 aromatic heterocycles. The molecule has 6 nitrogen and oxygen atoms in total. The van der Waals surface area contributed by atoms with E-state index in [-0.39, 0.29) is 22.2 Å². The number of carbonyl (C=O) groups excluding carboxylic acids is 1. The Morgan fingerprint density at radius 1 is 1.57 bits per heavy atom. The quantitative estimate of drug-likeness (QED) is 0.710. The van der Waals surface area contributed by atoms with Crippen molar-refractivity contribution < 1.29 is 24.0 Å². The lowest BCUT2D eigenvalue weighted by atomic mass is 9.92. The smallest absolute Gasteiger partial charge is 0.354 e. The first-order valence-corrected chi connectivity index (χ1v) is 9.82. The minimum absolute atomic E-state index is 0.0228. The van der Waals surface area contributed by atoms with E-state index in [1.165, 1.54) is 28.4 Å². The average molecular weight is 349 g/mol. The molecule has 3 unspecified atom stereocenters. The van der Waals surface area contributed by atoms with E-state index in [1.54, 1.807) is 6.92 Å². The number of fused-ring (bicyclic) bond motifs is 1. The molecule has 0 aromatic carbocycles. The van der Waals surface area contributed by atoms with Crippen LogP contribution in [0.3, 0.4) is 0 Å². The highest BCUT2D eigenvalue weighted by Gasteiger charge is 2.58. The van der Waals surface area contributed by atoms with Crippen LogP contribution >= 0.6 is 23.5 Å². The minimum atomic E-state index is -1.12. The Morgan fingerprint density at radius 3 is 2.81 bits per heavy atom. The molecule has 3 aliphatic heterocycles. The summed E-state index contributed by atoms with van der Waals surface area (Å²) in [4.78, 5) is 24.8. The molecule has 2 saturated heterocycles. The summed E-state index contributed by atoms with van der Waals surface area (Å²) in [5.74, 6) is -0.768. The van der Waals surface area contributed by atoms with Crippen LogP contribution in [0.15, 0.2) is 9.93 Å². The Hall–Kier alpha value is -0.510. The maximum absolute atomic E-state index is 12.0. The fourth-order valence-corrected chi connectivity index (χ4v) is 7.97. The molecule has 116 valence electrons. The number of aliphatic carboxylic acids is 1. The van der Waals surface area contributed by atoms with Gasteiger partial charge in [0.25, 0.3) is 0 Å². The van der Waals surface area contributed by atoms with Gasteiger partial charge in [0.15, 0.2) is 5.70 Å². The number of aliphatic hydroxyl groups excluding tert-OH is 1. The van der Waals surface area contributed by atoms with Crippen molar-refractivity contribution in [3.05, 3.63) is 9.93 Å². The normalized spacial score (nSPS) is 36.7. The van der Waals surface area contributed by atoms with E-state index >= 15 is 0 Å². The molecule has 9 heteroatoms. The van der Waals surface area contributed by atoms with Crippen molar-refractivity contribution in [2.24, 2.45) is 5.92 Å². The van der Waals surface area contributed by atoms with Gasteiger partial charge in [0, 0.05) is 27.6 Å². The predicted molar refractivity (Wildman–Crippen MR) is 81.9 cm³/mol. The predicted octanol–water partition coefficient (Wildman–Crippen LogP) is 0.406. The molecule has 1 amide bonds. The van der Waals surface area contributed by atoms with E-state index in [0.717, 1.165) is 6.42 Å². The third-order valence-corrected chi connectivity index (χ3v) is 8.33. The fourth-order valence-electron chi connectivity index (χ4n) is 2.71. The van der Waals surface area contributed by atoms with Gasteiger partial charge in [0.05, 0.1) is 16.3 Å². The van der Waals surface area contributed by atoms with Gasteiger partial charge in [-0.3, -0.25) is 13.9 Å². The van der Waals surface area contributed by atoms with E-state index < -0.39 is 28.8 Å². The van der Waals surface area contributed by atoms with Gasteiger partial charge in [0.2, 0.25) is 5.91 Å². The van der Waals surface area contributed by atoms with Crippen molar-refractivity contribution in [3.63, 3.8) is 0 Å². The lowest BCUT2D eigenvalue weighted by molar-refractivity contribution is -0.156. The number of thioether (sulfide) groups is 2. The number of aliphatic hydroxyl groups is 1. The highest BCUT2D eigenvalue weighted by Crippen LogP contribution is 2.55. The van der Waals surface area contributed by atoms with Crippen molar-refractivity contribution >= 4 is 46.2 Å². The Balaban J connectivity index is 1.81. The van der Waals surface area contributed by atoms with Crippen LogP contribution < -0.4 is 0 Å². The van der Waals surface area contributed by atoms with Crippen LogP contribution in [0.5, 0.6) is 0 Å². The number of carboxylic acids is 1. The van der Waals surface area contributed by atoms with Gasteiger partial charge in [-0.2, -0.15) is 0 Å². The second-order valence-electron chi connectivity index (χ2n) is 5.26. The van der Waals surface area contributed by atoms with Gasteiger partial charge < -0.3 is 10.2 Å². The van der Waals surface area contributed by atoms with E-state index in [4.69, 9.17) is 0 Å². The summed E-state index contributed by atoms with van der Waals surface area (Å²) in [6.07, 6.45) is 0.0109. The van der Waals surface area contributed by atoms with Gasteiger partial charge >= 0.3 is 5.97 Å². The zero-order valence-electron chi connectivity index (χ0n) is 11.2. The molecular weight excluding hydrogens is 334 g/mol. The van der Waals surface area contributed by atoms with E-state index in [1.807, 2.05) is 0 Å². The van der Waals surface area contributed by atoms with Gasteiger partial charge in [-0.05, 0) is 13.3 Å². The van der Waals surface area contributed by atoms with Crippen LogP contribution in [0.1, 0.15) is 13.3 Å². The van der Waals surface area contributed by atoms with Crippen molar-refractivity contribution in [1.29, 1.82) is 0 Å². The maximum Gasteiger partial charge on any atom is 0.354 e. The number of hydrogen-bond donors (Lipinski definition) is 2. The number of hydrogen-bond acceptors (Lipinski definition) is 6. The fraction of sp³-hybridized carbons (Fsp3) is 0.667. The first-order valence-electron chi connectivity index (χ1n) is 6.57. The van der Waals surface area contributed by atoms with Crippen LogP contribution in [-0.4, -0.2) is 59.4 Å². The lowest BCUT2D eigenvalue weighted by Gasteiger charge is -2.43. The third kappa shape index (κ3) is 2.54. The van der Waals surface area contributed by atoms with Crippen molar-refractivity contribution in [2.45, 2.75) is 30.1 Å². The monoisotopic (exact) mass is 349 g/mol. The molecule has 0 aliphatic carbocycles. The molecule has 3 heterocycles. The summed E-state index contributed by atoms with van der Waals surface area (Å²) >= 11 is 2.74. The number of amides is 1. The minimum Gasteiger partial charge on any atom is -0.477 e. The molecule has 0 radical (unpaired) electrons. The van der Waals surface area contributed by atoms with Gasteiger partial charge in [-0.1, -0.05) is 11.8 Å². The zero-order chi connectivity index (χ0) is 15.3.